The van der Waals surface area contributed by atoms with Gasteiger partial charge in [-0.3, -0.25) is 4.79 Å². The Labute approximate surface area is 103 Å². The molecule has 1 rings (SSSR count). The third-order valence-electron chi connectivity index (χ3n) is 2.75. The van der Waals surface area contributed by atoms with Crippen molar-refractivity contribution in [2.45, 2.75) is 39.2 Å². The number of nitrogens with zero attached hydrogens (tertiary/aromatic N) is 1. The van der Waals surface area contributed by atoms with Crippen molar-refractivity contribution in [1.29, 1.82) is 0 Å². The molecule has 4 heteroatoms. The molecule has 1 amide bonds. The molecule has 17 heavy (non-hydrogen) atoms. The van der Waals surface area contributed by atoms with Crippen molar-refractivity contribution in [3.05, 3.63) is 24.0 Å². The van der Waals surface area contributed by atoms with E-state index in [9.17, 15) is 4.79 Å². The molecule has 0 aliphatic rings. The highest BCUT2D eigenvalue weighted by Crippen LogP contribution is 2.06. The first-order chi connectivity index (χ1) is 8.21. The van der Waals surface area contributed by atoms with Crippen LogP contribution in [-0.2, 0) is 0 Å². The molecule has 0 spiro atoms. The van der Waals surface area contributed by atoms with Gasteiger partial charge >= 0.3 is 0 Å². The zero-order chi connectivity index (χ0) is 12.7. The second kappa shape index (κ2) is 6.89. The third kappa shape index (κ3) is 4.06. The molecule has 2 N–H and O–H groups in total. The van der Waals surface area contributed by atoms with Crippen LogP contribution in [0, 0.1) is 0 Å². The van der Waals surface area contributed by atoms with Crippen LogP contribution in [0.4, 0.5) is 5.69 Å². The maximum atomic E-state index is 11.9. The summed E-state index contributed by atoms with van der Waals surface area (Å²) in [5, 5.41) is 5.97. The number of rotatable bonds is 6. The van der Waals surface area contributed by atoms with E-state index in [4.69, 9.17) is 0 Å². The fraction of sp³-hybridized carbons (Fsp3) is 0.538. The average molecular weight is 235 g/mol. The summed E-state index contributed by atoms with van der Waals surface area (Å²) >= 11 is 0. The Kier molecular flexibility index (Phi) is 5.46. The number of hydrogen-bond acceptors (Lipinski definition) is 3. The van der Waals surface area contributed by atoms with Crippen LogP contribution in [0.15, 0.2) is 18.3 Å². The molecule has 0 radical (unpaired) electrons. The van der Waals surface area contributed by atoms with Crippen LogP contribution in [0.2, 0.25) is 0 Å². The van der Waals surface area contributed by atoms with Crippen LogP contribution < -0.4 is 10.6 Å². The molecule has 0 fully saturated rings. The predicted octanol–water partition coefficient (Wildman–Crippen LogP) is 2.43. The van der Waals surface area contributed by atoms with Crippen molar-refractivity contribution in [3.8, 4) is 0 Å². The molecule has 94 valence electrons. The summed E-state index contributed by atoms with van der Waals surface area (Å²) < 4.78 is 0. The highest BCUT2D eigenvalue weighted by Gasteiger charge is 2.12. The highest BCUT2D eigenvalue weighted by molar-refractivity contribution is 5.92. The number of nitrogens with one attached hydrogen (secondary N) is 2. The topological polar surface area (TPSA) is 54.0 Å². The van der Waals surface area contributed by atoms with E-state index in [1.807, 2.05) is 13.1 Å². The molecule has 0 aliphatic carbocycles. The quantitative estimate of drug-likeness (QED) is 0.796. The standard InChI is InChI=1S/C13H21N3O/c1-4-6-10(5-2)16-13(17)12-8-7-11(14-3)9-15-12/h7-10,14H,4-6H2,1-3H3,(H,16,17). The van der Waals surface area contributed by atoms with Crippen molar-refractivity contribution >= 4 is 11.6 Å². The van der Waals surface area contributed by atoms with E-state index < -0.39 is 0 Å². The van der Waals surface area contributed by atoms with Crippen LogP contribution in [0.25, 0.3) is 0 Å². The molecule has 1 unspecified atom stereocenters. The monoisotopic (exact) mass is 235 g/mol. The SMILES string of the molecule is CCCC(CC)NC(=O)c1ccc(NC)cn1. The molecule has 0 saturated heterocycles. The number of carbonyl (C=O) groups excluding carboxylic acids is 1. The molecule has 4 nitrogen and oxygen atoms in total. The van der Waals surface area contributed by atoms with E-state index in [0.717, 1.165) is 24.9 Å². The van der Waals surface area contributed by atoms with E-state index in [1.54, 1.807) is 12.3 Å². The molecule has 1 aromatic rings. The van der Waals surface area contributed by atoms with Gasteiger partial charge in [-0.25, -0.2) is 4.98 Å². The lowest BCUT2D eigenvalue weighted by Crippen LogP contribution is -2.34. The van der Waals surface area contributed by atoms with E-state index in [0.29, 0.717) is 5.69 Å². The molecule has 1 aromatic heterocycles. The second-order valence-electron chi connectivity index (χ2n) is 4.05. The second-order valence-corrected chi connectivity index (χ2v) is 4.05. The van der Waals surface area contributed by atoms with Gasteiger partial charge in [-0.1, -0.05) is 20.3 Å². The van der Waals surface area contributed by atoms with Crippen LogP contribution in [-0.4, -0.2) is 24.0 Å². The fourth-order valence-electron chi connectivity index (χ4n) is 1.66. The smallest absolute Gasteiger partial charge is 0.270 e. The van der Waals surface area contributed by atoms with Crippen LogP contribution in [0.5, 0.6) is 0 Å². The van der Waals surface area contributed by atoms with Gasteiger partial charge in [-0.05, 0) is 25.0 Å². The fourth-order valence-corrected chi connectivity index (χ4v) is 1.66. The van der Waals surface area contributed by atoms with Gasteiger partial charge in [0.2, 0.25) is 0 Å². The number of amides is 1. The zero-order valence-electron chi connectivity index (χ0n) is 10.8. The lowest BCUT2D eigenvalue weighted by atomic mass is 10.1. The Hall–Kier alpha value is -1.58. The average Bonchev–Trinajstić information content (AvgIpc) is 2.38. The van der Waals surface area contributed by atoms with Crippen LogP contribution in [0.1, 0.15) is 43.6 Å². The Bertz CT molecular complexity index is 348. The number of aromatic nitrogens is 1. The predicted molar refractivity (Wildman–Crippen MR) is 70.2 cm³/mol. The summed E-state index contributed by atoms with van der Waals surface area (Å²) in [6.45, 7) is 4.20. The minimum atomic E-state index is -0.0899. The minimum Gasteiger partial charge on any atom is -0.387 e. The lowest BCUT2D eigenvalue weighted by Gasteiger charge is -2.15. The maximum absolute atomic E-state index is 11.9. The van der Waals surface area contributed by atoms with Crippen LogP contribution >= 0.6 is 0 Å². The van der Waals surface area contributed by atoms with E-state index in [1.165, 1.54) is 0 Å². The Balaban J connectivity index is 2.62. The summed E-state index contributed by atoms with van der Waals surface area (Å²) in [7, 11) is 1.82. The van der Waals surface area contributed by atoms with Gasteiger partial charge in [-0.15, -0.1) is 0 Å². The first kappa shape index (κ1) is 13.5. The molecular weight excluding hydrogens is 214 g/mol. The van der Waals surface area contributed by atoms with Crippen molar-refractivity contribution in [1.82, 2.24) is 10.3 Å². The number of anilines is 1. The van der Waals surface area contributed by atoms with Crippen molar-refractivity contribution in [2.75, 3.05) is 12.4 Å². The van der Waals surface area contributed by atoms with Crippen molar-refractivity contribution in [2.24, 2.45) is 0 Å². The molecule has 1 atom stereocenters. The van der Waals surface area contributed by atoms with E-state index in [2.05, 4.69) is 29.5 Å². The Morgan fingerprint density at radius 1 is 1.41 bits per heavy atom. The van der Waals surface area contributed by atoms with Gasteiger partial charge in [0.05, 0.1) is 11.9 Å². The normalized spacial score (nSPS) is 11.9. The third-order valence-corrected chi connectivity index (χ3v) is 2.75. The van der Waals surface area contributed by atoms with Crippen molar-refractivity contribution in [3.63, 3.8) is 0 Å². The molecule has 0 aliphatic heterocycles. The molecular formula is C13H21N3O. The minimum absolute atomic E-state index is 0.0899. The summed E-state index contributed by atoms with van der Waals surface area (Å²) in [4.78, 5) is 16.0. The van der Waals surface area contributed by atoms with Crippen molar-refractivity contribution < 1.29 is 4.79 Å². The summed E-state index contributed by atoms with van der Waals surface area (Å²) in [6, 6.07) is 3.83. The van der Waals surface area contributed by atoms with E-state index >= 15 is 0 Å². The zero-order valence-corrected chi connectivity index (χ0v) is 10.8. The number of hydrogen-bond donors (Lipinski definition) is 2. The summed E-state index contributed by atoms with van der Waals surface area (Å²) in [5.74, 6) is -0.0899. The largest absolute Gasteiger partial charge is 0.387 e. The summed E-state index contributed by atoms with van der Waals surface area (Å²) in [5.41, 5.74) is 1.38. The number of pyridine rings is 1. The lowest BCUT2D eigenvalue weighted by molar-refractivity contribution is 0.0928. The van der Waals surface area contributed by atoms with E-state index in [-0.39, 0.29) is 11.9 Å². The van der Waals surface area contributed by atoms with Gasteiger partial charge in [0, 0.05) is 13.1 Å². The first-order valence-corrected chi connectivity index (χ1v) is 6.15. The van der Waals surface area contributed by atoms with Crippen LogP contribution in [0.3, 0.4) is 0 Å². The van der Waals surface area contributed by atoms with Gasteiger partial charge in [-0.2, -0.15) is 0 Å². The Morgan fingerprint density at radius 2 is 2.18 bits per heavy atom. The molecule has 0 saturated carbocycles. The first-order valence-electron chi connectivity index (χ1n) is 6.15. The van der Waals surface area contributed by atoms with Gasteiger partial charge in [0.25, 0.3) is 5.91 Å². The van der Waals surface area contributed by atoms with Gasteiger partial charge in [0.15, 0.2) is 0 Å². The maximum Gasteiger partial charge on any atom is 0.270 e. The molecule has 0 bridgehead atoms. The molecule has 0 aromatic carbocycles. The van der Waals surface area contributed by atoms with Gasteiger partial charge < -0.3 is 10.6 Å². The summed E-state index contributed by atoms with van der Waals surface area (Å²) in [6.07, 6.45) is 4.70. The molecule has 1 heterocycles. The Morgan fingerprint density at radius 3 is 2.65 bits per heavy atom. The highest BCUT2D eigenvalue weighted by atomic mass is 16.1. The number of carbonyl (C=O) groups is 1. The van der Waals surface area contributed by atoms with Gasteiger partial charge in [0.1, 0.15) is 5.69 Å².